The van der Waals surface area contributed by atoms with E-state index in [1.54, 1.807) is 24.7 Å². The lowest BCUT2D eigenvalue weighted by atomic mass is 10.3. The first-order valence-electron chi connectivity index (χ1n) is 5.35. The molecule has 3 aromatic rings. The van der Waals surface area contributed by atoms with Crippen molar-refractivity contribution in [3.63, 3.8) is 0 Å². The number of fused-ring (bicyclic) bond motifs is 1. The summed E-state index contributed by atoms with van der Waals surface area (Å²) in [6, 6.07) is 5.44. The molecule has 0 unspecified atom stereocenters. The smallest absolute Gasteiger partial charge is 0.205 e. The van der Waals surface area contributed by atoms with E-state index in [2.05, 4.69) is 15.0 Å². The maximum atomic E-state index is 5.69. The van der Waals surface area contributed by atoms with E-state index in [1.807, 2.05) is 12.1 Å². The fourth-order valence-electron chi connectivity index (χ4n) is 1.55. The van der Waals surface area contributed by atoms with Gasteiger partial charge in [-0.25, -0.2) is 9.97 Å². The van der Waals surface area contributed by atoms with Gasteiger partial charge in [0.1, 0.15) is 10.5 Å². The molecule has 18 heavy (non-hydrogen) atoms. The molecule has 0 radical (unpaired) electrons. The Balaban J connectivity index is 1.79. The van der Waals surface area contributed by atoms with Crippen molar-refractivity contribution in [2.75, 3.05) is 5.73 Å². The van der Waals surface area contributed by atoms with Crippen LogP contribution in [0.3, 0.4) is 0 Å². The molecule has 1 aromatic carbocycles. The molecule has 2 N–H and O–H groups in total. The van der Waals surface area contributed by atoms with Crippen LogP contribution >= 0.6 is 11.8 Å². The lowest BCUT2D eigenvalue weighted by molar-refractivity contribution is 0.556. The quantitative estimate of drug-likeness (QED) is 0.574. The third kappa shape index (κ3) is 2.28. The number of nitrogens with zero attached hydrogens (tertiary/aromatic N) is 3. The van der Waals surface area contributed by atoms with Crippen LogP contribution < -0.4 is 5.73 Å². The zero-order chi connectivity index (χ0) is 12.4. The van der Waals surface area contributed by atoms with E-state index in [4.69, 9.17) is 10.2 Å². The first-order valence-corrected chi connectivity index (χ1v) is 6.33. The van der Waals surface area contributed by atoms with Crippen molar-refractivity contribution in [3.05, 3.63) is 42.7 Å². The first kappa shape index (κ1) is 11.0. The van der Waals surface area contributed by atoms with Gasteiger partial charge in [-0.1, -0.05) is 11.8 Å². The molecule has 0 aliphatic heterocycles. The van der Waals surface area contributed by atoms with Gasteiger partial charge in [0.25, 0.3) is 0 Å². The lowest BCUT2D eigenvalue weighted by Gasteiger charge is -1.95. The molecule has 90 valence electrons. The lowest BCUT2D eigenvalue weighted by Crippen LogP contribution is -1.83. The van der Waals surface area contributed by atoms with Crippen LogP contribution in [0.15, 0.2) is 46.2 Å². The largest absolute Gasteiger partial charge is 0.440 e. The number of hydrogen-bond donors (Lipinski definition) is 1. The Morgan fingerprint density at radius 3 is 3.06 bits per heavy atom. The molecule has 0 bridgehead atoms. The van der Waals surface area contributed by atoms with E-state index in [0.717, 1.165) is 10.5 Å². The van der Waals surface area contributed by atoms with E-state index in [1.165, 1.54) is 11.8 Å². The van der Waals surface area contributed by atoms with Crippen LogP contribution in [-0.4, -0.2) is 15.0 Å². The number of hydrogen-bond acceptors (Lipinski definition) is 6. The third-order valence-corrected chi connectivity index (χ3v) is 3.24. The summed E-state index contributed by atoms with van der Waals surface area (Å²) in [5.41, 5.74) is 7.89. The second-order valence-electron chi connectivity index (χ2n) is 3.67. The van der Waals surface area contributed by atoms with Crippen LogP contribution in [0.5, 0.6) is 0 Å². The molecule has 5 nitrogen and oxygen atoms in total. The Morgan fingerprint density at radius 1 is 1.28 bits per heavy atom. The highest BCUT2D eigenvalue weighted by molar-refractivity contribution is 7.98. The van der Waals surface area contributed by atoms with Gasteiger partial charge in [0.15, 0.2) is 5.58 Å². The molecule has 0 aliphatic carbocycles. The summed E-state index contributed by atoms with van der Waals surface area (Å²) in [4.78, 5) is 12.6. The van der Waals surface area contributed by atoms with Gasteiger partial charge in [-0.2, -0.15) is 0 Å². The second-order valence-corrected chi connectivity index (χ2v) is 4.66. The summed E-state index contributed by atoms with van der Waals surface area (Å²) < 4.78 is 5.61. The van der Waals surface area contributed by atoms with Gasteiger partial charge in [-0.3, -0.25) is 4.98 Å². The molecular weight excluding hydrogens is 248 g/mol. The predicted octanol–water partition coefficient (Wildman–Crippen LogP) is 2.49. The zero-order valence-corrected chi connectivity index (χ0v) is 10.2. The van der Waals surface area contributed by atoms with E-state index in [0.29, 0.717) is 22.9 Å². The van der Waals surface area contributed by atoms with Crippen molar-refractivity contribution >= 4 is 28.5 Å². The summed E-state index contributed by atoms with van der Waals surface area (Å²) >= 11 is 1.53. The Morgan fingerprint density at radius 2 is 2.22 bits per heavy atom. The summed E-state index contributed by atoms with van der Waals surface area (Å²) in [6.45, 7) is 0. The van der Waals surface area contributed by atoms with Gasteiger partial charge in [-0.15, -0.1) is 0 Å². The van der Waals surface area contributed by atoms with Crippen LogP contribution in [0.1, 0.15) is 5.89 Å². The summed E-state index contributed by atoms with van der Waals surface area (Å²) in [5.74, 6) is 1.28. The van der Waals surface area contributed by atoms with Crippen LogP contribution in [0.25, 0.3) is 11.1 Å². The van der Waals surface area contributed by atoms with Crippen molar-refractivity contribution in [1.29, 1.82) is 0 Å². The molecule has 6 heteroatoms. The van der Waals surface area contributed by atoms with Crippen molar-refractivity contribution in [3.8, 4) is 0 Å². The summed E-state index contributed by atoms with van der Waals surface area (Å²) in [6.07, 6.45) is 5.02. The third-order valence-electron chi connectivity index (χ3n) is 2.34. The zero-order valence-electron chi connectivity index (χ0n) is 9.41. The molecule has 0 saturated carbocycles. The van der Waals surface area contributed by atoms with Crippen molar-refractivity contribution in [1.82, 2.24) is 15.0 Å². The standard InChI is InChI=1S/C12H10N4OS/c13-8-1-2-9-10(5-8)17-11(16-9)7-18-12-6-14-3-4-15-12/h1-6H,7,13H2. The molecule has 0 aliphatic rings. The first-order chi connectivity index (χ1) is 8.81. The Bertz CT molecular complexity index is 668. The summed E-state index contributed by atoms with van der Waals surface area (Å²) in [7, 11) is 0. The normalized spacial score (nSPS) is 10.9. The second kappa shape index (κ2) is 4.66. The molecule has 0 saturated heterocycles. The molecule has 0 fully saturated rings. The van der Waals surface area contributed by atoms with Gasteiger partial charge in [0, 0.05) is 24.1 Å². The number of anilines is 1. The average Bonchev–Trinajstić information content (AvgIpc) is 2.79. The van der Waals surface area contributed by atoms with E-state index < -0.39 is 0 Å². The number of oxazole rings is 1. The molecule has 2 heterocycles. The SMILES string of the molecule is Nc1ccc2nc(CSc3cnccn3)oc2c1. The predicted molar refractivity (Wildman–Crippen MR) is 70.0 cm³/mol. The fraction of sp³-hybridized carbons (Fsp3) is 0.0833. The van der Waals surface area contributed by atoms with Crippen LogP contribution in [-0.2, 0) is 5.75 Å². The Kier molecular flexibility index (Phi) is 2.85. The molecule has 2 aromatic heterocycles. The van der Waals surface area contributed by atoms with Gasteiger partial charge in [0.05, 0.1) is 11.9 Å². The van der Waals surface area contributed by atoms with Gasteiger partial charge < -0.3 is 10.2 Å². The maximum absolute atomic E-state index is 5.69. The molecule has 3 rings (SSSR count). The minimum Gasteiger partial charge on any atom is -0.440 e. The van der Waals surface area contributed by atoms with Crippen molar-refractivity contribution < 1.29 is 4.42 Å². The van der Waals surface area contributed by atoms with Crippen LogP contribution in [0, 0.1) is 0 Å². The minimum atomic E-state index is 0.618. The Labute approximate surface area is 107 Å². The topological polar surface area (TPSA) is 77.8 Å². The number of benzene rings is 1. The van der Waals surface area contributed by atoms with Crippen molar-refractivity contribution in [2.45, 2.75) is 10.8 Å². The van der Waals surface area contributed by atoms with Crippen LogP contribution in [0.2, 0.25) is 0 Å². The van der Waals surface area contributed by atoms with Gasteiger partial charge in [0.2, 0.25) is 5.89 Å². The highest BCUT2D eigenvalue weighted by Gasteiger charge is 2.06. The van der Waals surface area contributed by atoms with Gasteiger partial charge in [-0.05, 0) is 12.1 Å². The van der Waals surface area contributed by atoms with E-state index in [9.17, 15) is 0 Å². The fourth-order valence-corrected chi connectivity index (χ4v) is 2.21. The van der Waals surface area contributed by atoms with E-state index >= 15 is 0 Å². The summed E-state index contributed by atoms with van der Waals surface area (Å²) in [5, 5.41) is 0.847. The number of rotatable bonds is 3. The number of aromatic nitrogens is 3. The molecule has 0 atom stereocenters. The molecule has 0 spiro atoms. The highest BCUT2D eigenvalue weighted by Crippen LogP contribution is 2.23. The minimum absolute atomic E-state index is 0.618. The van der Waals surface area contributed by atoms with Crippen molar-refractivity contribution in [2.24, 2.45) is 0 Å². The van der Waals surface area contributed by atoms with E-state index in [-0.39, 0.29) is 0 Å². The monoisotopic (exact) mass is 258 g/mol. The number of nitrogen functional groups attached to an aromatic ring is 1. The van der Waals surface area contributed by atoms with Crippen LogP contribution in [0.4, 0.5) is 5.69 Å². The number of nitrogens with two attached hydrogens (primary N) is 1. The molecular formula is C12H10N4OS. The molecule has 0 amide bonds. The highest BCUT2D eigenvalue weighted by atomic mass is 32.2. The maximum Gasteiger partial charge on any atom is 0.205 e. The van der Waals surface area contributed by atoms with Gasteiger partial charge >= 0.3 is 0 Å². The number of thioether (sulfide) groups is 1. The average molecular weight is 258 g/mol. The Hall–Kier alpha value is -2.08.